The molecule has 4 rings (SSSR count). The van der Waals surface area contributed by atoms with Crippen molar-refractivity contribution in [2.75, 3.05) is 12.8 Å². The molecule has 6 nitrogen and oxygen atoms in total. The Hall–Kier alpha value is -3.67. The normalized spacial score (nSPS) is 10.9. The molecule has 0 unspecified atom stereocenters. The molecule has 0 radical (unpaired) electrons. The van der Waals surface area contributed by atoms with Gasteiger partial charge in [-0.15, -0.1) is 5.10 Å². The van der Waals surface area contributed by atoms with E-state index in [1.165, 1.54) is 0 Å². The molecule has 0 bridgehead atoms. The summed E-state index contributed by atoms with van der Waals surface area (Å²) in [7, 11) is 1.77. The van der Waals surface area contributed by atoms with Crippen molar-refractivity contribution in [1.82, 2.24) is 19.5 Å². The molecule has 134 valence electrons. The number of nitrogens with zero attached hydrogens (tertiary/aromatic N) is 4. The molecule has 0 atom stereocenters. The number of hydrogen-bond donors (Lipinski definition) is 1. The van der Waals surface area contributed by atoms with Gasteiger partial charge in [0.1, 0.15) is 5.82 Å². The minimum Gasteiger partial charge on any atom is -0.384 e. The van der Waals surface area contributed by atoms with Crippen LogP contribution in [0.1, 0.15) is 15.9 Å². The van der Waals surface area contributed by atoms with E-state index in [0.717, 1.165) is 11.1 Å². The monoisotopic (exact) mass is 357 g/mol. The fourth-order valence-corrected chi connectivity index (χ4v) is 2.99. The van der Waals surface area contributed by atoms with Gasteiger partial charge >= 0.3 is 0 Å². The summed E-state index contributed by atoms with van der Waals surface area (Å²) in [4.78, 5) is 19.0. The third-order valence-corrected chi connectivity index (χ3v) is 4.35. The average molecular weight is 357 g/mol. The van der Waals surface area contributed by atoms with Crippen molar-refractivity contribution in [3.63, 3.8) is 0 Å². The molecule has 2 N–H and O–H groups in total. The second-order valence-electron chi connectivity index (χ2n) is 6.39. The smallest absolute Gasteiger partial charge is 0.254 e. The zero-order chi connectivity index (χ0) is 18.8. The Kier molecular flexibility index (Phi) is 4.30. The minimum absolute atomic E-state index is 0.114. The quantitative estimate of drug-likeness (QED) is 0.608. The Morgan fingerprint density at radius 3 is 2.41 bits per heavy atom. The molecule has 6 heteroatoms. The summed E-state index contributed by atoms with van der Waals surface area (Å²) in [5, 5.41) is 4.45. The topological polar surface area (TPSA) is 76.5 Å². The maximum absolute atomic E-state index is 12.8. The second kappa shape index (κ2) is 6.92. The van der Waals surface area contributed by atoms with Crippen molar-refractivity contribution in [2.24, 2.45) is 0 Å². The number of carbonyl (C=O) groups excluding carboxylic acids is 1. The van der Waals surface area contributed by atoms with Crippen LogP contribution in [0.4, 0.5) is 5.82 Å². The van der Waals surface area contributed by atoms with Gasteiger partial charge in [-0.05, 0) is 17.7 Å². The van der Waals surface area contributed by atoms with Gasteiger partial charge < -0.3 is 10.6 Å². The number of nitrogens with two attached hydrogens (primary N) is 1. The molecule has 27 heavy (non-hydrogen) atoms. The molecule has 0 fully saturated rings. The van der Waals surface area contributed by atoms with Gasteiger partial charge in [-0.2, -0.15) is 4.52 Å². The van der Waals surface area contributed by atoms with Crippen molar-refractivity contribution >= 4 is 17.4 Å². The van der Waals surface area contributed by atoms with Crippen LogP contribution in [0, 0.1) is 0 Å². The van der Waals surface area contributed by atoms with Gasteiger partial charge in [0.25, 0.3) is 5.91 Å². The largest absolute Gasteiger partial charge is 0.384 e. The average Bonchev–Trinajstić information content (AvgIpc) is 3.14. The molecule has 0 saturated heterocycles. The first kappa shape index (κ1) is 16.8. The fraction of sp³-hybridized carbons (Fsp3) is 0.0952. The van der Waals surface area contributed by atoms with Crippen LogP contribution in [0.5, 0.6) is 0 Å². The van der Waals surface area contributed by atoms with Crippen LogP contribution >= 0.6 is 0 Å². The lowest BCUT2D eigenvalue weighted by Crippen LogP contribution is -2.26. The summed E-state index contributed by atoms with van der Waals surface area (Å²) >= 11 is 0. The fourth-order valence-electron chi connectivity index (χ4n) is 2.99. The lowest BCUT2D eigenvalue weighted by atomic mass is 10.2. The first-order valence-corrected chi connectivity index (χ1v) is 8.63. The molecule has 0 aliphatic rings. The molecule has 0 aliphatic carbocycles. The molecule has 2 aromatic carbocycles. The van der Waals surface area contributed by atoms with Crippen molar-refractivity contribution < 1.29 is 4.79 Å². The molecule has 0 spiro atoms. The lowest BCUT2D eigenvalue weighted by molar-refractivity contribution is 0.0785. The van der Waals surface area contributed by atoms with Gasteiger partial charge in [0.05, 0.1) is 0 Å². The van der Waals surface area contributed by atoms with Crippen molar-refractivity contribution in [1.29, 1.82) is 0 Å². The van der Waals surface area contributed by atoms with Crippen LogP contribution in [0.25, 0.3) is 17.0 Å². The van der Waals surface area contributed by atoms with E-state index in [9.17, 15) is 4.79 Å². The van der Waals surface area contributed by atoms with Crippen molar-refractivity contribution in [2.45, 2.75) is 6.54 Å². The molecule has 4 aromatic rings. The summed E-state index contributed by atoms with van der Waals surface area (Å²) in [5.74, 6) is 0.834. The van der Waals surface area contributed by atoms with Crippen LogP contribution in [0.2, 0.25) is 0 Å². The number of fused-ring (bicyclic) bond motifs is 1. The summed E-state index contributed by atoms with van der Waals surface area (Å²) in [6.45, 7) is 0.521. The summed E-state index contributed by atoms with van der Waals surface area (Å²) < 4.78 is 1.55. The van der Waals surface area contributed by atoms with E-state index in [2.05, 4.69) is 10.1 Å². The number of pyridine rings is 1. The third kappa shape index (κ3) is 3.37. The Balaban J connectivity index is 1.65. The zero-order valence-corrected chi connectivity index (χ0v) is 14.9. The Bertz CT molecular complexity index is 1090. The predicted octanol–water partition coefficient (Wildman–Crippen LogP) is 3.25. The van der Waals surface area contributed by atoms with Gasteiger partial charge in [-0.3, -0.25) is 4.79 Å². The number of amides is 1. The Morgan fingerprint density at radius 2 is 1.70 bits per heavy atom. The van der Waals surface area contributed by atoms with Crippen LogP contribution in [-0.2, 0) is 6.54 Å². The van der Waals surface area contributed by atoms with Gasteiger partial charge in [0.2, 0.25) is 0 Å². The highest BCUT2D eigenvalue weighted by Crippen LogP contribution is 2.20. The van der Waals surface area contributed by atoms with Crippen LogP contribution in [0.3, 0.4) is 0 Å². The highest BCUT2D eigenvalue weighted by atomic mass is 16.2. The van der Waals surface area contributed by atoms with Crippen LogP contribution < -0.4 is 5.73 Å². The lowest BCUT2D eigenvalue weighted by Gasteiger charge is -2.17. The van der Waals surface area contributed by atoms with E-state index in [1.54, 1.807) is 28.6 Å². The standard InChI is InChI=1S/C21H19N5O/c1-25(14-15-8-4-2-5-9-15)21(27)17-12-18(22)26-19(13-17)23-20(24-26)16-10-6-3-7-11-16/h2-13H,14,22H2,1H3. The van der Waals surface area contributed by atoms with E-state index in [0.29, 0.717) is 29.4 Å². The molecular weight excluding hydrogens is 338 g/mol. The molecular formula is C21H19N5O. The SMILES string of the molecule is CN(Cc1ccccc1)C(=O)c1cc(N)n2nc(-c3ccccc3)nc2c1. The number of hydrogen-bond acceptors (Lipinski definition) is 4. The van der Waals surface area contributed by atoms with Crippen LogP contribution in [0.15, 0.2) is 72.8 Å². The van der Waals surface area contributed by atoms with Gasteiger partial charge in [0.15, 0.2) is 11.5 Å². The Morgan fingerprint density at radius 1 is 1.04 bits per heavy atom. The van der Waals surface area contributed by atoms with Gasteiger partial charge in [0, 0.05) is 24.7 Å². The number of nitrogen functional groups attached to an aromatic ring is 1. The van der Waals surface area contributed by atoms with E-state index in [4.69, 9.17) is 5.73 Å². The number of benzene rings is 2. The van der Waals surface area contributed by atoms with E-state index < -0.39 is 0 Å². The van der Waals surface area contributed by atoms with E-state index >= 15 is 0 Å². The number of anilines is 1. The predicted molar refractivity (Wildman–Crippen MR) is 105 cm³/mol. The van der Waals surface area contributed by atoms with E-state index in [-0.39, 0.29) is 5.91 Å². The highest BCUT2D eigenvalue weighted by molar-refractivity contribution is 5.95. The number of rotatable bonds is 4. The number of aromatic nitrogens is 3. The molecule has 2 aromatic heterocycles. The molecule has 2 heterocycles. The summed E-state index contributed by atoms with van der Waals surface area (Å²) in [6, 6.07) is 22.9. The highest BCUT2D eigenvalue weighted by Gasteiger charge is 2.16. The zero-order valence-electron chi connectivity index (χ0n) is 14.9. The minimum atomic E-state index is -0.114. The van der Waals surface area contributed by atoms with Crippen molar-refractivity contribution in [3.8, 4) is 11.4 Å². The van der Waals surface area contributed by atoms with E-state index in [1.807, 2.05) is 60.7 Å². The molecule has 0 aliphatic heterocycles. The number of carbonyl (C=O) groups is 1. The molecule has 0 saturated carbocycles. The summed E-state index contributed by atoms with van der Waals surface area (Å²) in [5.41, 5.74) is 9.13. The summed E-state index contributed by atoms with van der Waals surface area (Å²) in [6.07, 6.45) is 0. The maximum Gasteiger partial charge on any atom is 0.254 e. The maximum atomic E-state index is 12.8. The van der Waals surface area contributed by atoms with Gasteiger partial charge in [-0.1, -0.05) is 60.7 Å². The third-order valence-electron chi connectivity index (χ3n) is 4.35. The first-order chi connectivity index (χ1) is 13.1. The second-order valence-corrected chi connectivity index (χ2v) is 6.39. The van der Waals surface area contributed by atoms with Crippen LogP contribution in [-0.4, -0.2) is 32.5 Å². The Labute approximate surface area is 156 Å². The first-order valence-electron chi connectivity index (χ1n) is 8.63. The molecule has 1 amide bonds. The van der Waals surface area contributed by atoms with Gasteiger partial charge in [-0.25, -0.2) is 4.98 Å². The van der Waals surface area contributed by atoms with Crippen molar-refractivity contribution in [3.05, 3.63) is 83.9 Å².